The molecule has 0 nitrogen and oxygen atoms in total. The van der Waals surface area contributed by atoms with Crippen molar-refractivity contribution in [3.8, 4) is 0 Å². The SMILES string of the molecule is C=C[C@H]1C[C@@H]1c1ccc(C)cc1. The highest BCUT2D eigenvalue weighted by Gasteiger charge is 2.35. The van der Waals surface area contributed by atoms with Gasteiger partial charge >= 0.3 is 0 Å². The standard InChI is InChI=1S/C12H14/c1-3-10-8-12(10)11-6-4-9(2)5-7-11/h3-7,10,12H,1,8H2,2H3/t10-,12-/m0/s1. The molecule has 62 valence electrons. The number of aryl methyl sites for hydroxylation is 1. The van der Waals surface area contributed by atoms with Crippen molar-refractivity contribution in [3.05, 3.63) is 48.0 Å². The molecule has 0 saturated heterocycles. The molecule has 1 aromatic rings. The maximum Gasteiger partial charge on any atom is -0.00931 e. The highest BCUT2D eigenvalue weighted by atomic mass is 14.4. The van der Waals surface area contributed by atoms with E-state index in [0.717, 1.165) is 11.8 Å². The van der Waals surface area contributed by atoms with E-state index in [9.17, 15) is 0 Å². The molecule has 1 aliphatic rings. The number of benzene rings is 1. The summed E-state index contributed by atoms with van der Waals surface area (Å²) in [6, 6.07) is 8.86. The van der Waals surface area contributed by atoms with Crippen molar-refractivity contribution in [3.63, 3.8) is 0 Å². The molecule has 0 aliphatic heterocycles. The molecule has 0 bridgehead atoms. The Balaban J connectivity index is 2.15. The topological polar surface area (TPSA) is 0 Å². The lowest BCUT2D eigenvalue weighted by molar-refractivity contribution is 1.01. The van der Waals surface area contributed by atoms with Gasteiger partial charge in [-0.15, -0.1) is 6.58 Å². The molecule has 2 rings (SSSR count). The molecule has 0 radical (unpaired) electrons. The van der Waals surface area contributed by atoms with Crippen LogP contribution in [-0.4, -0.2) is 0 Å². The van der Waals surface area contributed by atoms with Crippen molar-refractivity contribution in [1.29, 1.82) is 0 Å². The summed E-state index contributed by atoms with van der Waals surface area (Å²) in [4.78, 5) is 0. The molecule has 1 saturated carbocycles. The maximum atomic E-state index is 3.82. The van der Waals surface area contributed by atoms with Gasteiger partial charge < -0.3 is 0 Å². The van der Waals surface area contributed by atoms with Crippen LogP contribution >= 0.6 is 0 Å². The third-order valence-corrected chi connectivity index (χ3v) is 2.65. The Hall–Kier alpha value is -1.04. The Labute approximate surface area is 73.9 Å². The molecule has 0 amide bonds. The number of rotatable bonds is 2. The summed E-state index contributed by atoms with van der Waals surface area (Å²) in [6.45, 7) is 5.94. The Morgan fingerprint density at radius 3 is 2.50 bits per heavy atom. The van der Waals surface area contributed by atoms with E-state index in [1.54, 1.807) is 0 Å². The van der Waals surface area contributed by atoms with E-state index in [2.05, 4.69) is 43.8 Å². The summed E-state index contributed by atoms with van der Waals surface area (Å²) in [5, 5.41) is 0. The van der Waals surface area contributed by atoms with Crippen LogP contribution in [0.25, 0.3) is 0 Å². The van der Waals surface area contributed by atoms with Crippen molar-refractivity contribution in [1.82, 2.24) is 0 Å². The van der Waals surface area contributed by atoms with Gasteiger partial charge in [-0.05, 0) is 30.7 Å². The van der Waals surface area contributed by atoms with Crippen LogP contribution in [-0.2, 0) is 0 Å². The van der Waals surface area contributed by atoms with Gasteiger partial charge in [0.05, 0.1) is 0 Å². The van der Waals surface area contributed by atoms with Gasteiger partial charge in [-0.3, -0.25) is 0 Å². The second-order valence-corrected chi connectivity index (χ2v) is 3.65. The first-order valence-corrected chi connectivity index (χ1v) is 4.50. The Bertz CT molecular complexity index is 281. The second kappa shape index (κ2) is 2.78. The molecule has 0 unspecified atom stereocenters. The van der Waals surface area contributed by atoms with Gasteiger partial charge in [0, 0.05) is 0 Å². The molecule has 1 aromatic carbocycles. The molecule has 0 spiro atoms. The fourth-order valence-corrected chi connectivity index (χ4v) is 1.67. The van der Waals surface area contributed by atoms with Crippen molar-refractivity contribution in [2.45, 2.75) is 19.3 Å². The predicted molar refractivity (Wildman–Crippen MR) is 52.2 cm³/mol. The highest BCUT2D eigenvalue weighted by Crippen LogP contribution is 2.47. The minimum Gasteiger partial charge on any atom is -0.103 e. The monoisotopic (exact) mass is 158 g/mol. The molecule has 1 aliphatic carbocycles. The van der Waals surface area contributed by atoms with Crippen LogP contribution in [0.5, 0.6) is 0 Å². The van der Waals surface area contributed by atoms with E-state index in [1.807, 2.05) is 0 Å². The number of allylic oxidation sites excluding steroid dienone is 1. The summed E-state index contributed by atoms with van der Waals surface area (Å²) in [5.41, 5.74) is 2.82. The van der Waals surface area contributed by atoms with Crippen molar-refractivity contribution in [2.24, 2.45) is 5.92 Å². The van der Waals surface area contributed by atoms with E-state index in [-0.39, 0.29) is 0 Å². The van der Waals surface area contributed by atoms with Crippen molar-refractivity contribution in [2.75, 3.05) is 0 Å². The fourth-order valence-electron chi connectivity index (χ4n) is 1.67. The zero-order valence-corrected chi connectivity index (χ0v) is 7.46. The van der Waals surface area contributed by atoms with Crippen LogP contribution in [0.2, 0.25) is 0 Å². The number of hydrogen-bond donors (Lipinski definition) is 0. The maximum absolute atomic E-state index is 3.82. The lowest BCUT2D eigenvalue weighted by Crippen LogP contribution is -1.81. The van der Waals surface area contributed by atoms with Crippen LogP contribution in [0.15, 0.2) is 36.9 Å². The predicted octanol–water partition coefficient (Wildman–Crippen LogP) is 3.28. The zero-order valence-electron chi connectivity index (χ0n) is 7.46. The zero-order chi connectivity index (χ0) is 8.55. The normalized spacial score (nSPS) is 26.8. The molecule has 12 heavy (non-hydrogen) atoms. The first-order chi connectivity index (χ1) is 5.81. The highest BCUT2D eigenvalue weighted by molar-refractivity contribution is 5.30. The Kier molecular flexibility index (Phi) is 1.76. The van der Waals surface area contributed by atoms with Gasteiger partial charge in [0.1, 0.15) is 0 Å². The number of hydrogen-bond acceptors (Lipinski definition) is 0. The lowest BCUT2D eigenvalue weighted by Gasteiger charge is -1.98. The third kappa shape index (κ3) is 1.29. The molecule has 0 N–H and O–H groups in total. The fraction of sp³-hybridized carbons (Fsp3) is 0.333. The van der Waals surface area contributed by atoms with E-state index in [0.29, 0.717) is 0 Å². The average molecular weight is 158 g/mol. The summed E-state index contributed by atoms with van der Waals surface area (Å²) in [7, 11) is 0. The van der Waals surface area contributed by atoms with Crippen LogP contribution < -0.4 is 0 Å². The van der Waals surface area contributed by atoms with Crippen LogP contribution in [0.1, 0.15) is 23.5 Å². The smallest absolute Gasteiger partial charge is 0.00931 e. The van der Waals surface area contributed by atoms with Gasteiger partial charge in [0.15, 0.2) is 0 Å². The molecular weight excluding hydrogens is 144 g/mol. The molecule has 0 aromatic heterocycles. The van der Waals surface area contributed by atoms with Crippen molar-refractivity contribution < 1.29 is 0 Å². The molecule has 2 atom stereocenters. The van der Waals surface area contributed by atoms with E-state index < -0.39 is 0 Å². The molecule has 0 heterocycles. The molecule has 1 fully saturated rings. The van der Waals surface area contributed by atoms with Gasteiger partial charge in [-0.1, -0.05) is 35.9 Å². The average Bonchev–Trinajstić information content (AvgIpc) is 2.85. The van der Waals surface area contributed by atoms with Gasteiger partial charge in [0.2, 0.25) is 0 Å². The quantitative estimate of drug-likeness (QED) is 0.579. The van der Waals surface area contributed by atoms with Crippen LogP contribution in [0, 0.1) is 12.8 Å². The van der Waals surface area contributed by atoms with Gasteiger partial charge in [-0.2, -0.15) is 0 Å². The van der Waals surface area contributed by atoms with Gasteiger partial charge in [0.25, 0.3) is 0 Å². The summed E-state index contributed by atoms with van der Waals surface area (Å²) in [6.07, 6.45) is 3.37. The Morgan fingerprint density at radius 1 is 1.33 bits per heavy atom. The third-order valence-electron chi connectivity index (χ3n) is 2.65. The molecule has 0 heteroatoms. The van der Waals surface area contributed by atoms with E-state index in [4.69, 9.17) is 0 Å². The van der Waals surface area contributed by atoms with Crippen molar-refractivity contribution >= 4 is 0 Å². The minimum atomic E-state index is 0.743. The van der Waals surface area contributed by atoms with Gasteiger partial charge in [-0.25, -0.2) is 0 Å². The Morgan fingerprint density at radius 2 is 2.00 bits per heavy atom. The van der Waals surface area contributed by atoms with Crippen LogP contribution in [0.3, 0.4) is 0 Å². The van der Waals surface area contributed by atoms with E-state index >= 15 is 0 Å². The van der Waals surface area contributed by atoms with Crippen LogP contribution in [0.4, 0.5) is 0 Å². The first kappa shape index (κ1) is 7.60. The summed E-state index contributed by atoms with van der Waals surface area (Å²) < 4.78 is 0. The minimum absolute atomic E-state index is 0.743. The largest absolute Gasteiger partial charge is 0.103 e. The summed E-state index contributed by atoms with van der Waals surface area (Å²) >= 11 is 0. The van der Waals surface area contributed by atoms with E-state index in [1.165, 1.54) is 17.5 Å². The first-order valence-electron chi connectivity index (χ1n) is 4.50. The summed E-state index contributed by atoms with van der Waals surface area (Å²) in [5.74, 6) is 1.51. The molecular formula is C12H14. The lowest BCUT2D eigenvalue weighted by atomic mass is 10.1. The second-order valence-electron chi connectivity index (χ2n) is 3.65.